The molecule has 0 spiro atoms. The van der Waals surface area contributed by atoms with Gasteiger partial charge in [-0.15, -0.1) is 0 Å². The fourth-order valence-corrected chi connectivity index (χ4v) is 2.83. The third-order valence-electron chi connectivity index (χ3n) is 3.26. The Kier molecular flexibility index (Phi) is 4.60. The number of nitrogens with two attached hydrogens (primary N) is 1. The predicted octanol–water partition coefficient (Wildman–Crippen LogP) is 3.79. The van der Waals surface area contributed by atoms with Gasteiger partial charge in [-0.2, -0.15) is 5.26 Å². The summed E-state index contributed by atoms with van der Waals surface area (Å²) >= 11 is 12.1. The minimum atomic E-state index is -0.752. The van der Waals surface area contributed by atoms with Crippen molar-refractivity contribution in [3.05, 3.63) is 56.8 Å². The monoisotopic (exact) mass is 333 g/mol. The fourth-order valence-electron chi connectivity index (χ4n) is 2.31. The van der Waals surface area contributed by atoms with Crippen molar-refractivity contribution in [1.29, 1.82) is 5.26 Å². The second-order valence-electron chi connectivity index (χ2n) is 4.82. The molecule has 0 radical (unpaired) electrons. The van der Waals surface area contributed by atoms with Gasteiger partial charge < -0.3 is 10.3 Å². The molecule has 22 heavy (non-hydrogen) atoms. The standard InChI is InChI=1S/C16H13Cl2N3O/c1-9-3-11(4-12(8-19)16(20)22)10(2)21(9)15-6-13(17)5-14(18)7-15/h3-7H,1-2H3,(H2,20,22)/b12-4-. The van der Waals surface area contributed by atoms with E-state index < -0.39 is 5.91 Å². The maximum absolute atomic E-state index is 11.2. The number of aromatic nitrogens is 1. The van der Waals surface area contributed by atoms with Crippen LogP contribution in [-0.4, -0.2) is 10.5 Å². The molecule has 0 fully saturated rings. The van der Waals surface area contributed by atoms with E-state index >= 15 is 0 Å². The summed E-state index contributed by atoms with van der Waals surface area (Å²) in [5, 5.41) is 10.0. The highest BCUT2D eigenvalue weighted by atomic mass is 35.5. The van der Waals surface area contributed by atoms with Gasteiger partial charge in [-0.3, -0.25) is 4.79 Å². The summed E-state index contributed by atoms with van der Waals surface area (Å²) in [5.41, 5.74) is 8.40. The lowest BCUT2D eigenvalue weighted by Gasteiger charge is -2.10. The Labute approximate surface area is 138 Å². The summed E-state index contributed by atoms with van der Waals surface area (Å²) in [4.78, 5) is 11.2. The molecule has 112 valence electrons. The van der Waals surface area contributed by atoms with Crippen molar-refractivity contribution < 1.29 is 4.79 Å². The van der Waals surface area contributed by atoms with E-state index in [2.05, 4.69) is 0 Å². The lowest BCUT2D eigenvalue weighted by molar-refractivity contribution is -0.114. The molecule has 6 heteroatoms. The van der Waals surface area contributed by atoms with E-state index in [1.165, 1.54) is 6.08 Å². The van der Waals surface area contributed by atoms with Crippen molar-refractivity contribution in [2.75, 3.05) is 0 Å². The molecule has 1 heterocycles. The maximum atomic E-state index is 11.2. The molecule has 0 aliphatic carbocycles. The molecular formula is C16H13Cl2N3O. The molecule has 0 saturated heterocycles. The molecule has 0 atom stereocenters. The quantitative estimate of drug-likeness (QED) is 0.685. The van der Waals surface area contributed by atoms with E-state index in [-0.39, 0.29) is 5.57 Å². The summed E-state index contributed by atoms with van der Waals surface area (Å²) < 4.78 is 1.94. The zero-order valence-corrected chi connectivity index (χ0v) is 13.5. The summed E-state index contributed by atoms with van der Waals surface area (Å²) in [6.45, 7) is 3.79. The number of amides is 1. The van der Waals surface area contributed by atoms with Crippen LogP contribution in [0.1, 0.15) is 17.0 Å². The van der Waals surface area contributed by atoms with Crippen LogP contribution in [0.3, 0.4) is 0 Å². The van der Waals surface area contributed by atoms with E-state index in [1.54, 1.807) is 24.3 Å². The molecule has 1 amide bonds. The average Bonchev–Trinajstić information content (AvgIpc) is 2.69. The van der Waals surface area contributed by atoms with E-state index in [0.29, 0.717) is 10.0 Å². The molecule has 0 saturated carbocycles. The molecule has 4 nitrogen and oxygen atoms in total. The van der Waals surface area contributed by atoms with Crippen LogP contribution in [0.25, 0.3) is 11.8 Å². The van der Waals surface area contributed by atoms with Gasteiger partial charge in [-0.05, 0) is 49.8 Å². The molecule has 1 aromatic carbocycles. The molecule has 2 aromatic rings. The lowest BCUT2D eigenvalue weighted by Crippen LogP contribution is -2.12. The second-order valence-corrected chi connectivity index (χ2v) is 5.70. The van der Waals surface area contributed by atoms with Crippen molar-refractivity contribution in [2.45, 2.75) is 13.8 Å². The Balaban J connectivity index is 2.62. The van der Waals surface area contributed by atoms with Crippen LogP contribution in [0, 0.1) is 25.2 Å². The zero-order chi connectivity index (χ0) is 16.4. The van der Waals surface area contributed by atoms with E-state index in [9.17, 15) is 4.79 Å². The minimum absolute atomic E-state index is 0.0932. The molecule has 2 rings (SSSR count). The third-order valence-corrected chi connectivity index (χ3v) is 3.70. The van der Waals surface area contributed by atoms with E-state index in [4.69, 9.17) is 34.2 Å². The van der Waals surface area contributed by atoms with Crippen molar-refractivity contribution in [1.82, 2.24) is 4.57 Å². The van der Waals surface area contributed by atoms with Gasteiger partial charge in [0.1, 0.15) is 11.6 Å². The first-order valence-electron chi connectivity index (χ1n) is 6.40. The van der Waals surface area contributed by atoms with Crippen LogP contribution >= 0.6 is 23.2 Å². The summed E-state index contributed by atoms with van der Waals surface area (Å²) in [5.74, 6) is -0.752. The van der Waals surface area contributed by atoms with Crippen LogP contribution in [0.4, 0.5) is 0 Å². The van der Waals surface area contributed by atoms with Gasteiger partial charge in [0.05, 0.1) is 0 Å². The molecule has 0 aliphatic rings. The van der Waals surface area contributed by atoms with Crippen molar-refractivity contribution in [3.63, 3.8) is 0 Å². The van der Waals surface area contributed by atoms with Gasteiger partial charge in [-0.25, -0.2) is 0 Å². The molecule has 2 N–H and O–H groups in total. The first-order valence-corrected chi connectivity index (χ1v) is 7.16. The number of nitriles is 1. The first-order chi connectivity index (χ1) is 10.3. The number of aryl methyl sites for hydroxylation is 1. The van der Waals surface area contributed by atoms with Gasteiger partial charge in [0, 0.05) is 27.1 Å². The predicted molar refractivity (Wildman–Crippen MR) is 88.0 cm³/mol. The Morgan fingerprint density at radius 1 is 1.23 bits per heavy atom. The molecule has 0 bridgehead atoms. The minimum Gasteiger partial charge on any atom is -0.365 e. The van der Waals surface area contributed by atoms with Gasteiger partial charge in [-0.1, -0.05) is 23.2 Å². The number of halogens is 2. The Morgan fingerprint density at radius 2 is 1.82 bits per heavy atom. The van der Waals surface area contributed by atoms with Crippen LogP contribution in [-0.2, 0) is 4.79 Å². The highest BCUT2D eigenvalue weighted by molar-refractivity contribution is 6.34. The number of hydrogen-bond donors (Lipinski definition) is 1. The Morgan fingerprint density at radius 3 is 2.32 bits per heavy atom. The van der Waals surface area contributed by atoms with E-state index in [1.807, 2.05) is 24.5 Å². The summed E-state index contributed by atoms with van der Waals surface area (Å²) in [6, 6.07) is 8.90. The first kappa shape index (κ1) is 16.2. The molecule has 0 aliphatic heterocycles. The molecular weight excluding hydrogens is 321 g/mol. The Bertz CT molecular complexity index is 808. The van der Waals surface area contributed by atoms with Gasteiger partial charge in [0.2, 0.25) is 0 Å². The zero-order valence-electron chi connectivity index (χ0n) is 12.0. The number of carbonyl (C=O) groups is 1. The average molecular weight is 334 g/mol. The normalized spacial score (nSPS) is 11.3. The number of nitrogens with zero attached hydrogens (tertiary/aromatic N) is 2. The van der Waals surface area contributed by atoms with Crippen molar-refractivity contribution >= 4 is 35.2 Å². The van der Waals surface area contributed by atoms with Crippen LogP contribution in [0.15, 0.2) is 29.8 Å². The molecule has 1 aromatic heterocycles. The van der Waals surface area contributed by atoms with Crippen LogP contribution in [0.5, 0.6) is 0 Å². The van der Waals surface area contributed by atoms with Gasteiger partial charge in [0.15, 0.2) is 0 Å². The largest absolute Gasteiger partial charge is 0.365 e. The van der Waals surface area contributed by atoms with Gasteiger partial charge >= 0.3 is 0 Å². The number of rotatable bonds is 3. The number of primary amides is 1. The highest BCUT2D eigenvalue weighted by Crippen LogP contribution is 2.27. The highest BCUT2D eigenvalue weighted by Gasteiger charge is 2.12. The van der Waals surface area contributed by atoms with E-state index in [0.717, 1.165) is 22.6 Å². The second kappa shape index (κ2) is 6.27. The lowest BCUT2D eigenvalue weighted by atomic mass is 10.1. The number of benzene rings is 1. The number of hydrogen-bond acceptors (Lipinski definition) is 2. The molecule has 0 unspecified atom stereocenters. The van der Waals surface area contributed by atoms with Crippen molar-refractivity contribution in [2.24, 2.45) is 5.73 Å². The van der Waals surface area contributed by atoms with Gasteiger partial charge in [0.25, 0.3) is 5.91 Å². The van der Waals surface area contributed by atoms with Crippen LogP contribution < -0.4 is 5.73 Å². The summed E-state index contributed by atoms with van der Waals surface area (Å²) in [7, 11) is 0. The van der Waals surface area contributed by atoms with Crippen LogP contribution in [0.2, 0.25) is 10.0 Å². The maximum Gasteiger partial charge on any atom is 0.259 e. The third kappa shape index (κ3) is 3.16. The SMILES string of the molecule is Cc1cc(/C=C(/C#N)C(N)=O)c(C)n1-c1cc(Cl)cc(Cl)c1. The summed E-state index contributed by atoms with van der Waals surface area (Å²) in [6.07, 6.45) is 1.48. The van der Waals surface area contributed by atoms with Crippen molar-refractivity contribution in [3.8, 4) is 11.8 Å². The Hall–Kier alpha value is -2.22. The smallest absolute Gasteiger partial charge is 0.259 e. The fraction of sp³-hybridized carbons (Fsp3) is 0.125. The topological polar surface area (TPSA) is 71.8 Å². The number of carbonyl (C=O) groups excluding carboxylic acids is 1.